The molecule has 1 heterocycles. The first kappa shape index (κ1) is 16.0. The molecule has 22 heavy (non-hydrogen) atoms. The van der Waals surface area contributed by atoms with Crippen molar-refractivity contribution in [2.45, 2.75) is 11.8 Å². The predicted octanol–water partition coefficient (Wildman–Crippen LogP) is 3.41. The largest absolute Gasteiger partial charge is 0.346 e. The molecule has 0 bridgehead atoms. The second-order valence-corrected chi connectivity index (χ2v) is 5.08. The Morgan fingerprint density at radius 1 is 1.50 bits per heavy atom. The van der Waals surface area contributed by atoms with Crippen molar-refractivity contribution in [2.75, 3.05) is 6.54 Å². The Kier molecular flexibility index (Phi) is 5.49. The summed E-state index contributed by atoms with van der Waals surface area (Å²) in [4.78, 5) is 21.2. The number of pyridine rings is 1. The van der Waals surface area contributed by atoms with E-state index in [1.54, 1.807) is 18.3 Å². The minimum Gasteiger partial charge on any atom is -0.346 e. The molecule has 1 amide bonds. The number of thiol groups is 1. The Morgan fingerprint density at radius 3 is 3.05 bits per heavy atom. The highest BCUT2D eigenvalue weighted by Crippen LogP contribution is 2.20. The van der Waals surface area contributed by atoms with Crippen LogP contribution in [0.4, 0.5) is 0 Å². The van der Waals surface area contributed by atoms with E-state index in [1.165, 1.54) is 0 Å². The fourth-order valence-corrected chi connectivity index (χ4v) is 2.19. The monoisotopic (exact) mass is 311 g/mol. The topological polar surface area (TPSA) is 54.4 Å². The van der Waals surface area contributed by atoms with Gasteiger partial charge in [0.2, 0.25) is 0 Å². The minimum absolute atomic E-state index is 0.200. The maximum atomic E-state index is 12.2. The van der Waals surface area contributed by atoms with E-state index in [0.717, 1.165) is 15.8 Å². The lowest BCUT2D eigenvalue weighted by molar-refractivity contribution is 0.0956. The van der Waals surface area contributed by atoms with E-state index in [2.05, 4.69) is 34.6 Å². The van der Waals surface area contributed by atoms with Crippen LogP contribution in [0.3, 0.4) is 0 Å². The number of rotatable bonds is 5. The van der Waals surface area contributed by atoms with Crippen LogP contribution in [0.2, 0.25) is 0 Å². The summed E-state index contributed by atoms with van der Waals surface area (Å²) in [6, 6.07) is 7.45. The van der Waals surface area contributed by atoms with Crippen LogP contribution in [0.25, 0.3) is 10.9 Å². The van der Waals surface area contributed by atoms with Gasteiger partial charge in [-0.2, -0.15) is 0 Å². The number of carbonyl (C=O) groups is 1. The number of allylic oxidation sites excluding steroid dienone is 3. The lowest BCUT2D eigenvalue weighted by Crippen LogP contribution is -2.25. The molecule has 0 aliphatic heterocycles. The van der Waals surface area contributed by atoms with Gasteiger partial charge in [-0.25, -0.2) is 0 Å². The van der Waals surface area contributed by atoms with Crippen molar-refractivity contribution in [3.63, 3.8) is 0 Å². The average Bonchev–Trinajstić information content (AvgIpc) is 2.54. The number of hydrogen-bond donors (Lipinski definition) is 2. The molecule has 5 heteroatoms. The molecule has 0 aliphatic rings. The summed E-state index contributed by atoms with van der Waals surface area (Å²) in [6.45, 7) is 5.72. The number of para-hydroxylation sites is 1. The van der Waals surface area contributed by atoms with Crippen molar-refractivity contribution in [3.05, 3.63) is 60.0 Å². The van der Waals surface area contributed by atoms with Crippen molar-refractivity contribution < 1.29 is 4.79 Å². The zero-order chi connectivity index (χ0) is 15.9. The highest BCUT2D eigenvalue weighted by atomic mass is 32.1. The summed E-state index contributed by atoms with van der Waals surface area (Å²) in [7, 11) is 0. The van der Waals surface area contributed by atoms with Crippen molar-refractivity contribution in [1.82, 2.24) is 10.3 Å². The molecule has 4 nitrogen and oxygen atoms in total. The van der Waals surface area contributed by atoms with Crippen molar-refractivity contribution in [1.29, 1.82) is 0 Å². The van der Waals surface area contributed by atoms with Crippen LogP contribution in [0.15, 0.2) is 64.3 Å². The van der Waals surface area contributed by atoms with E-state index < -0.39 is 0 Å². The molecule has 1 aromatic carbocycles. The zero-order valence-electron chi connectivity index (χ0n) is 12.3. The standard InChI is InChI=1S/C17H17N3OS/c1-3-4-7-14(18-2)11-20-17(21)13-9-12-6-5-8-15(22)16(12)19-10-13/h3-10,22H,2,11H2,1H3,(H,20,21)/b4-3-,14-7-. The van der Waals surface area contributed by atoms with Gasteiger partial charge < -0.3 is 5.32 Å². The number of aromatic nitrogens is 1. The van der Waals surface area contributed by atoms with Gasteiger partial charge in [-0.1, -0.05) is 24.3 Å². The van der Waals surface area contributed by atoms with Gasteiger partial charge in [-0.15, -0.1) is 12.6 Å². The van der Waals surface area contributed by atoms with E-state index >= 15 is 0 Å². The number of benzene rings is 1. The molecule has 0 saturated heterocycles. The highest BCUT2D eigenvalue weighted by Gasteiger charge is 2.08. The van der Waals surface area contributed by atoms with Crippen molar-refractivity contribution >= 4 is 36.2 Å². The fraction of sp³-hybridized carbons (Fsp3) is 0.118. The van der Waals surface area contributed by atoms with Crippen LogP contribution in [0.1, 0.15) is 17.3 Å². The Balaban J connectivity index is 2.14. The lowest BCUT2D eigenvalue weighted by Gasteiger charge is -2.06. The molecule has 2 aromatic rings. The minimum atomic E-state index is -0.200. The summed E-state index contributed by atoms with van der Waals surface area (Å²) in [5, 5.41) is 3.69. The number of hydrogen-bond acceptors (Lipinski definition) is 4. The number of aliphatic imine (C=N–C) groups is 1. The Hall–Kier alpha value is -2.40. The number of nitrogens with one attached hydrogen (secondary N) is 1. The molecule has 0 spiro atoms. The summed E-state index contributed by atoms with van der Waals surface area (Å²) >= 11 is 4.35. The van der Waals surface area contributed by atoms with E-state index in [4.69, 9.17) is 0 Å². The predicted molar refractivity (Wildman–Crippen MR) is 93.8 cm³/mol. The molecule has 0 unspecified atom stereocenters. The van der Waals surface area contributed by atoms with Crippen molar-refractivity contribution in [3.8, 4) is 0 Å². The van der Waals surface area contributed by atoms with Gasteiger partial charge in [0.15, 0.2) is 0 Å². The van der Waals surface area contributed by atoms with Gasteiger partial charge in [0.05, 0.1) is 23.3 Å². The third kappa shape index (κ3) is 3.83. The van der Waals surface area contributed by atoms with E-state index in [-0.39, 0.29) is 5.91 Å². The smallest absolute Gasteiger partial charge is 0.253 e. The van der Waals surface area contributed by atoms with Gasteiger partial charge in [-0.05, 0) is 31.9 Å². The molecule has 0 atom stereocenters. The van der Waals surface area contributed by atoms with E-state index in [1.807, 2.05) is 37.3 Å². The quantitative estimate of drug-likeness (QED) is 0.505. The van der Waals surface area contributed by atoms with Crippen LogP contribution in [0, 0.1) is 0 Å². The Morgan fingerprint density at radius 2 is 2.32 bits per heavy atom. The third-order valence-electron chi connectivity index (χ3n) is 3.07. The Labute approximate surface area is 135 Å². The summed E-state index contributed by atoms with van der Waals surface area (Å²) in [5.74, 6) is -0.200. The number of amides is 1. The third-order valence-corrected chi connectivity index (χ3v) is 3.43. The van der Waals surface area contributed by atoms with Crippen LogP contribution < -0.4 is 5.32 Å². The van der Waals surface area contributed by atoms with Gasteiger partial charge >= 0.3 is 0 Å². The molecule has 0 saturated carbocycles. The first-order valence-electron chi connectivity index (χ1n) is 6.80. The molecular formula is C17H17N3OS. The molecule has 0 aliphatic carbocycles. The lowest BCUT2D eigenvalue weighted by atomic mass is 10.1. The SMILES string of the molecule is C=N/C(=C\C=C/C)CNC(=O)c1cnc2c(S)cccc2c1. The average molecular weight is 311 g/mol. The van der Waals surface area contributed by atoms with Crippen LogP contribution in [-0.2, 0) is 0 Å². The van der Waals surface area contributed by atoms with Gasteiger partial charge in [-0.3, -0.25) is 14.8 Å². The van der Waals surface area contributed by atoms with E-state index in [9.17, 15) is 4.79 Å². The number of nitrogens with zero attached hydrogens (tertiary/aromatic N) is 2. The molecule has 0 fully saturated rings. The van der Waals surface area contributed by atoms with Crippen LogP contribution >= 0.6 is 12.6 Å². The maximum Gasteiger partial charge on any atom is 0.253 e. The van der Waals surface area contributed by atoms with Crippen molar-refractivity contribution in [2.24, 2.45) is 4.99 Å². The second kappa shape index (κ2) is 7.56. The van der Waals surface area contributed by atoms with E-state index in [0.29, 0.717) is 17.8 Å². The zero-order valence-corrected chi connectivity index (χ0v) is 13.2. The number of carbonyl (C=O) groups excluding carboxylic acids is 1. The van der Waals surface area contributed by atoms with Gasteiger partial charge in [0.1, 0.15) is 0 Å². The highest BCUT2D eigenvalue weighted by molar-refractivity contribution is 7.80. The summed E-state index contributed by atoms with van der Waals surface area (Å²) in [5.41, 5.74) is 1.97. The fourth-order valence-electron chi connectivity index (χ4n) is 1.92. The number of fused-ring (bicyclic) bond motifs is 1. The molecule has 112 valence electrons. The molecule has 1 aromatic heterocycles. The molecule has 0 radical (unpaired) electrons. The summed E-state index contributed by atoms with van der Waals surface area (Å²) < 4.78 is 0. The van der Waals surface area contributed by atoms with Gasteiger partial charge in [0.25, 0.3) is 5.91 Å². The maximum absolute atomic E-state index is 12.2. The normalized spacial score (nSPS) is 11.8. The molecular weight excluding hydrogens is 294 g/mol. The summed E-state index contributed by atoms with van der Waals surface area (Å²) in [6.07, 6.45) is 7.09. The first-order valence-corrected chi connectivity index (χ1v) is 7.25. The van der Waals surface area contributed by atoms with Crippen LogP contribution in [0.5, 0.6) is 0 Å². The second-order valence-electron chi connectivity index (χ2n) is 4.60. The van der Waals surface area contributed by atoms with Crippen LogP contribution in [-0.4, -0.2) is 24.2 Å². The Bertz CT molecular complexity index is 766. The molecule has 2 rings (SSSR count). The van der Waals surface area contributed by atoms with Gasteiger partial charge in [0, 0.05) is 16.5 Å². The molecule has 1 N–H and O–H groups in total. The first-order chi connectivity index (χ1) is 10.7.